The van der Waals surface area contributed by atoms with Gasteiger partial charge in [0.2, 0.25) is 10.0 Å². The lowest BCUT2D eigenvalue weighted by atomic mass is 10.1. The minimum absolute atomic E-state index is 0.0663. The summed E-state index contributed by atoms with van der Waals surface area (Å²) >= 11 is 0. The Morgan fingerprint density at radius 1 is 0.960 bits per heavy atom. The van der Waals surface area contributed by atoms with Gasteiger partial charge in [0, 0.05) is 16.8 Å². The van der Waals surface area contributed by atoms with E-state index in [0.29, 0.717) is 5.56 Å². The molecule has 0 aliphatic rings. The molecule has 1 amide bonds. The van der Waals surface area contributed by atoms with E-state index in [0.717, 1.165) is 16.8 Å². The van der Waals surface area contributed by atoms with Crippen molar-refractivity contribution in [3.63, 3.8) is 0 Å². The Kier molecular flexibility index (Phi) is 5.34. The molecule has 0 saturated carbocycles. The molecule has 2 rings (SSSR count). The molecule has 0 heterocycles. The molecule has 2 aromatic rings. The monoisotopic (exact) mass is 360 g/mol. The molecule has 25 heavy (non-hydrogen) atoms. The van der Waals surface area contributed by atoms with Crippen LogP contribution in [0, 0.1) is 13.8 Å². The summed E-state index contributed by atoms with van der Waals surface area (Å²) in [5.74, 6) is -0.342. The van der Waals surface area contributed by atoms with Gasteiger partial charge >= 0.3 is 0 Å². The molecule has 0 unspecified atom stereocenters. The van der Waals surface area contributed by atoms with Crippen molar-refractivity contribution in [3.05, 3.63) is 59.2 Å². The number of nitrogens with one attached hydrogen (secondary N) is 2. The molecule has 2 aromatic carbocycles. The first kappa shape index (κ1) is 19.1. The van der Waals surface area contributed by atoms with E-state index in [9.17, 15) is 13.2 Å². The smallest absolute Gasteiger partial charge is 0.255 e. The van der Waals surface area contributed by atoms with Gasteiger partial charge in [0.25, 0.3) is 5.91 Å². The van der Waals surface area contributed by atoms with Crippen molar-refractivity contribution < 1.29 is 13.2 Å². The number of hydrogen-bond acceptors (Lipinski definition) is 3. The zero-order valence-electron chi connectivity index (χ0n) is 15.2. The first-order valence-corrected chi connectivity index (χ1v) is 9.49. The maximum Gasteiger partial charge on any atom is 0.255 e. The summed E-state index contributed by atoms with van der Waals surface area (Å²) in [6.07, 6.45) is 0. The van der Waals surface area contributed by atoms with E-state index in [1.165, 1.54) is 12.1 Å². The maximum absolute atomic E-state index is 12.6. The number of carbonyl (C=O) groups excluding carboxylic acids is 1. The lowest BCUT2D eigenvalue weighted by Gasteiger charge is -2.20. The largest absolute Gasteiger partial charge is 0.322 e. The van der Waals surface area contributed by atoms with Crippen molar-refractivity contribution >= 4 is 21.6 Å². The van der Waals surface area contributed by atoms with Crippen LogP contribution < -0.4 is 10.0 Å². The first-order valence-electron chi connectivity index (χ1n) is 8.01. The Balaban J connectivity index is 2.31. The predicted octanol–water partition coefficient (Wildman–Crippen LogP) is 3.63. The van der Waals surface area contributed by atoms with Gasteiger partial charge in [-0.1, -0.05) is 24.3 Å². The van der Waals surface area contributed by atoms with Crippen LogP contribution in [0.15, 0.2) is 47.4 Å². The number of para-hydroxylation sites is 1. The van der Waals surface area contributed by atoms with Crippen LogP contribution in [0.3, 0.4) is 0 Å². The summed E-state index contributed by atoms with van der Waals surface area (Å²) in [7, 11) is -3.69. The standard InChI is InChI=1S/C19H24N2O3S/c1-13-8-6-9-14(2)17(13)20-18(22)15-10-7-11-16(12-15)25(23,24)21-19(3,4)5/h6-12,21H,1-5H3,(H,20,22). The highest BCUT2D eigenvalue weighted by Gasteiger charge is 2.23. The topological polar surface area (TPSA) is 75.3 Å². The number of hydrogen-bond donors (Lipinski definition) is 2. The molecule has 5 nitrogen and oxygen atoms in total. The summed E-state index contributed by atoms with van der Waals surface area (Å²) in [5, 5.41) is 2.87. The highest BCUT2D eigenvalue weighted by molar-refractivity contribution is 7.89. The fourth-order valence-electron chi connectivity index (χ4n) is 2.46. The Labute approximate surface area is 149 Å². The molecular weight excluding hydrogens is 336 g/mol. The quantitative estimate of drug-likeness (QED) is 0.874. The van der Waals surface area contributed by atoms with E-state index in [-0.39, 0.29) is 10.8 Å². The molecule has 2 N–H and O–H groups in total. The Hall–Kier alpha value is -2.18. The van der Waals surface area contributed by atoms with Gasteiger partial charge < -0.3 is 5.32 Å². The van der Waals surface area contributed by atoms with Crippen molar-refractivity contribution in [2.45, 2.75) is 45.1 Å². The second-order valence-electron chi connectivity index (χ2n) is 7.10. The Bertz CT molecular complexity index is 877. The summed E-state index contributed by atoms with van der Waals surface area (Å²) in [6, 6.07) is 11.8. The predicted molar refractivity (Wildman–Crippen MR) is 100 cm³/mol. The van der Waals surface area contributed by atoms with Crippen LogP contribution in [0.1, 0.15) is 42.3 Å². The van der Waals surface area contributed by atoms with Crippen LogP contribution in [0.25, 0.3) is 0 Å². The molecule has 0 spiro atoms. The number of anilines is 1. The summed E-state index contributed by atoms with van der Waals surface area (Å²) in [4.78, 5) is 12.6. The van der Waals surface area contributed by atoms with Gasteiger partial charge in [0.1, 0.15) is 0 Å². The van der Waals surface area contributed by atoms with Crippen LogP contribution in [0.5, 0.6) is 0 Å². The van der Waals surface area contributed by atoms with E-state index in [1.807, 2.05) is 32.0 Å². The molecule has 0 aliphatic heterocycles. The van der Waals surface area contributed by atoms with Crippen molar-refractivity contribution in [2.75, 3.05) is 5.32 Å². The van der Waals surface area contributed by atoms with E-state index in [2.05, 4.69) is 10.0 Å². The SMILES string of the molecule is Cc1cccc(C)c1NC(=O)c1cccc(S(=O)(=O)NC(C)(C)C)c1. The summed E-state index contributed by atoms with van der Waals surface area (Å²) in [5.41, 5.74) is 2.33. The number of sulfonamides is 1. The molecule has 0 aliphatic carbocycles. The zero-order chi connectivity index (χ0) is 18.8. The van der Waals surface area contributed by atoms with E-state index < -0.39 is 15.6 Å². The van der Waals surface area contributed by atoms with Gasteiger partial charge in [-0.25, -0.2) is 13.1 Å². The zero-order valence-corrected chi connectivity index (χ0v) is 16.0. The Morgan fingerprint density at radius 2 is 1.52 bits per heavy atom. The lowest BCUT2D eigenvalue weighted by molar-refractivity contribution is 0.102. The van der Waals surface area contributed by atoms with Crippen LogP contribution >= 0.6 is 0 Å². The lowest BCUT2D eigenvalue weighted by Crippen LogP contribution is -2.40. The molecule has 0 atom stereocenters. The molecule has 0 saturated heterocycles. The van der Waals surface area contributed by atoms with Crippen molar-refractivity contribution in [1.82, 2.24) is 4.72 Å². The second-order valence-corrected chi connectivity index (χ2v) is 8.79. The van der Waals surface area contributed by atoms with Gasteiger partial charge in [-0.15, -0.1) is 0 Å². The molecule has 6 heteroatoms. The van der Waals surface area contributed by atoms with Gasteiger partial charge in [0.05, 0.1) is 4.90 Å². The average Bonchev–Trinajstić information content (AvgIpc) is 2.49. The average molecular weight is 360 g/mol. The minimum atomic E-state index is -3.69. The third-order valence-electron chi connectivity index (χ3n) is 3.57. The highest BCUT2D eigenvalue weighted by Crippen LogP contribution is 2.21. The maximum atomic E-state index is 12.6. The number of rotatable bonds is 4. The molecule has 0 aromatic heterocycles. The molecule has 134 valence electrons. The molecular formula is C19H24N2O3S. The van der Waals surface area contributed by atoms with Crippen LogP contribution in [-0.2, 0) is 10.0 Å². The number of benzene rings is 2. The van der Waals surface area contributed by atoms with E-state index in [1.54, 1.807) is 32.9 Å². The van der Waals surface area contributed by atoms with E-state index >= 15 is 0 Å². The van der Waals surface area contributed by atoms with Crippen LogP contribution in [0.4, 0.5) is 5.69 Å². The third-order valence-corrected chi connectivity index (χ3v) is 5.32. The minimum Gasteiger partial charge on any atom is -0.322 e. The number of carbonyl (C=O) groups is 1. The number of amides is 1. The van der Waals surface area contributed by atoms with Crippen molar-refractivity contribution in [3.8, 4) is 0 Å². The second kappa shape index (κ2) is 6.98. The first-order chi connectivity index (χ1) is 11.5. The van der Waals surface area contributed by atoms with Gasteiger partial charge in [-0.05, 0) is 63.9 Å². The summed E-state index contributed by atoms with van der Waals surface area (Å²) < 4.78 is 27.5. The van der Waals surface area contributed by atoms with Crippen LogP contribution in [-0.4, -0.2) is 19.9 Å². The van der Waals surface area contributed by atoms with Crippen molar-refractivity contribution in [1.29, 1.82) is 0 Å². The normalized spacial score (nSPS) is 12.0. The Morgan fingerprint density at radius 3 is 2.08 bits per heavy atom. The van der Waals surface area contributed by atoms with Crippen LogP contribution in [0.2, 0.25) is 0 Å². The molecule has 0 radical (unpaired) electrons. The van der Waals surface area contributed by atoms with Crippen molar-refractivity contribution in [2.24, 2.45) is 0 Å². The van der Waals surface area contributed by atoms with Gasteiger partial charge in [0.15, 0.2) is 0 Å². The summed E-state index contributed by atoms with van der Waals surface area (Å²) in [6.45, 7) is 9.12. The molecule has 0 bridgehead atoms. The molecule has 0 fully saturated rings. The highest BCUT2D eigenvalue weighted by atomic mass is 32.2. The van der Waals surface area contributed by atoms with Gasteiger partial charge in [-0.3, -0.25) is 4.79 Å². The number of aryl methyl sites for hydroxylation is 2. The van der Waals surface area contributed by atoms with E-state index in [4.69, 9.17) is 0 Å². The fraction of sp³-hybridized carbons (Fsp3) is 0.316. The van der Waals surface area contributed by atoms with Gasteiger partial charge in [-0.2, -0.15) is 0 Å². The third kappa shape index (κ3) is 4.90. The fourth-order valence-corrected chi connectivity index (χ4v) is 3.93.